The van der Waals surface area contributed by atoms with Crippen LogP contribution in [0.2, 0.25) is 0 Å². The molecule has 1 aliphatic carbocycles. The molecular formula is C37H27NO. The number of nitrogens with zero attached hydrogens (tertiary/aromatic N) is 1. The van der Waals surface area contributed by atoms with E-state index in [0.29, 0.717) is 0 Å². The Morgan fingerprint density at radius 2 is 1.26 bits per heavy atom. The van der Waals surface area contributed by atoms with Gasteiger partial charge in [-0.2, -0.15) is 0 Å². The number of aryl methyl sites for hydroxylation is 1. The van der Waals surface area contributed by atoms with E-state index in [4.69, 9.17) is 4.74 Å². The largest absolute Gasteiger partial charge is 0.497 e. The summed E-state index contributed by atoms with van der Waals surface area (Å²) in [4.78, 5) is 0. The van der Waals surface area contributed by atoms with Crippen LogP contribution in [0.1, 0.15) is 22.3 Å². The van der Waals surface area contributed by atoms with Crippen LogP contribution in [0.25, 0.3) is 33.3 Å². The Kier molecular flexibility index (Phi) is 5.39. The van der Waals surface area contributed by atoms with E-state index in [2.05, 4.69) is 127 Å². The van der Waals surface area contributed by atoms with Gasteiger partial charge < -0.3 is 9.30 Å². The van der Waals surface area contributed by atoms with Gasteiger partial charge in [-0.25, -0.2) is 0 Å². The fraction of sp³-hybridized carbons (Fsp3) is 0.0811. The van der Waals surface area contributed by atoms with Crippen molar-refractivity contribution in [3.63, 3.8) is 0 Å². The minimum absolute atomic E-state index is 0.694. The molecule has 0 fully saturated rings. The zero-order chi connectivity index (χ0) is 26.4. The molecule has 1 heterocycles. The number of fused-ring (bicyclic) bond motifs is 4. The fourth-order valence-electron chi connectivity index (χ4n) is 6.25. The smallest absolute Gasteiger partial charge is 0.119 e. The number of rotatable bonds is 3. The molecule has 39 heavy (non-hydrogen) atoms. The van der Waals surface area contributed by atoms with Crippen LogP contribution in [0.15, 0.2) is 127 Å². The normalized spacial score (nSPS) is 12.9. The molecule has 0 atom stereocenters. The first-order chi connectivity index (χ1) is 19.2. The summed E-state index contributed by atoms with van der Waals surface area (Å²) in [6.45, 7) is 0. The Morgan fingerprint density at radius 1 is 0.667 bits per heavy atom. The highest BCUT2D eigenvalue weighted by molar-refractivity contribution is 5.99. The van der Waals surface area contributed by atoms with Crippen LogP contribution in [-0.2, 0) is 12.5 Å². The number of aromatic nitrogens is 1. The monoisotopic (exact) mass is 501 g/mol. The summed E-state index contributed by atoms with van der Waals surface area (Å²) >= 11 is 0. The van der Waals surface area contributed by atoms with Crippen molar-refractivity contribution in [2.45, 2.75) is 5.41 Å². The van der Waals surface area contributed by atoms with Gasteiger partial charge in [-0.3, -0.25) is 0 Å². The van der Waals surface area contributed by atoms with E-state index in [1.807, 2.05) is 24.3 Å². The lowest BCUT2D eigenvalue weighted by molar-refractivity contribution is 0.415. The average molecular weight is 502 g/mol. The van der Waals surface area contributed by atoms with E-state index >= 15 is 0 Å². The van der Waals surface area contributed by atoms with Crippen molar-refractivity contribution in [3.8, 4) is 40.0 Å². The van der Waals surface area contributed by atoms with E-state index in [0.717, 1.165) is 33.5 Å². The molecule has 0 spiro atoms. The molecule has 0 radical (unpaired) electrons. The number of benzene rings is 5. The predicted octanol–water partition coefficient (Wildman–Crippen LogP) is 8.22. The standard InChI is InChI=1S/C37H27NO/c1-38-34-22-21-28(39-2)25-31(34)35(36(38)27-15-7-4-8-16-27)37(24-23-26-13-5-3-6-14-26)32-19-11-9-17-29(32)30-18-10-12-20-33(30)37/h3-22,25H,1-2H3. The van der Waals surface area contributed by atoms with Crippen LogP contribution in [0.3, 0.4) is 0 Å². The van der Waals surface area contributed by atoms with Gasteiger partial charge in [0.25, 0.3) is 0 Å². The van der Waals surface area contributed by atoms with Gasteiger partial charge in [0.1, 0.15) is 11.2 Å². The molecule has 2 heteroatoms. The van der Waals surface area contributed by atoms with Crippen LogP contribution >= 0.6 is 0 Å². The molecule has 5 aromatic carbocycles. The van der Waals surface area contributed by atoms with Gasteiger partial charge in [0.15, 0.2) is 0 Å². The Morgan fingerprint density at radius 3 is 1.90 bits per heavy atom. The second kappa shape index (κ2) is 9.08. The molecule has 6 aromatic rings. The van der Waals surface area contributed by atoms with Gasteiger partial charge in [0.2, 0.25) is 0 Å². The zero-order valence-electron chi connectivity index (χ0n) is 22.0. The number of methoxy groups -OCH3 is 1. The first kappa shape index (κ1) is 23.1. The van der Waals surface area contributed by atoms with Gasteiger partial charge in [-0.15, -0.1) is 0 Å². The number of hydrogen-bond donors (Lipinski definition) is 0. The molecule has 0 aliphatic heterocycles. The van der Waals surface area contributed by atoms with Crippen molar-refractivity contribution in [1.82, 2.24) is 4.57 Å². The first-order valence-electron chi connectivity index (χ1n) is 13.2. The molecular weight excluding hydrogens is 474 g/mol. The zero-order valence-corrected chi connectivity index (χ0v) is 22.0. The van der Waals surface area contributed by atoms with Gasteiger partial charge in [-0.05, 0) is 58.1 Å². The van der Waals surface area contributed by atoms with Crippen LogP contribution in [-0.4, -0.2) is 11.7 Å². The molecule has 0 unspecified atom stereocenters. The van der Waals surface area contributed by atoms with Crippen LogP contribution in [0.5, 0.6) is 5.75 Å². The summed E-state index contributed by atoms with van der Waals surface area (Å²) in [5.74, 6) is 8.32. The maximum absolute atomic E-state index is 5.75. The lowest BCUT2D eigenvalue weighted by Crippen LogP contribution is -2.26. The lowest BCUT2D eigenvalue weighted by atomic mass is 9.71. The molecule has 0 bridgehead atoms. The Bertz CT molecular complexity index is 1860. The summed E-state index contributed by atoms with van der Waals surface area (Å²) in [7, 11) is 3.89. The molecule has 0 N–H and O–H groups in total. The Balaban J connectivity index is 1.70. The maximum atomic E-state index is 5.75. The summed E-state index contributed by atoms with van der Waals surface area (Å²) in [5, 5.41) is 1.14. The quantitative estimate of drug-likeness (QED) is 0.223. The van der Waals surface area contributed by atoms with Crippen molar-refractivity contribution in [2.24, 2.45) is 7.05 Å². The van der Waals surface area contributed by atoms with Crippen molar-refractivity contribution in [3.05, 3.63) is 150 Å². The Hall–Kier alpha value is -5.00. The fourth-order valence-corrected chi connectivity index (χ4v) is 6.25. The molecule has 7 rings (SSSR count). The minimum atomic E-state index is -0.694. The van der Waals surface area contributed by atoms with Crippen LogP contribution in [0, 0.1) is 11.8 Å². The van der Waals surface area contributed by atoms with Gasteiger partial charge >= 0.3 is 0 Å². The second-order valence-electron chi connectivity index (χ2n) is 9.99. The Labute approximate surface area is 229 Å². The summed E-state index contributed by atoms with van der Waals surface area (Å²) in [5.41, 5.74) is 9.84. The van der Waals surface area contributed by atoms with E-state index in [-0.39, 0.29) is 0 Å². The van der Waals surface area contributed by atoms with Crippen LogP contribution in [0.4, 0.5) is 0 Å². The third-order valence-corrected chi connectivity index (χ3v) is 7.95. The minimum Gasteiger partial charge on any atom is -0.497 e. The van der Waals surface area contributed by atoms with Crippen molar-refractivity contribution >= 4 is 10.9 Å². The molecule has 0 saturated carbocycles. The SMILES string of the molecule is COc1ccc2c(c1)c(C1(C#Cc3ccccc3)c3ccccc3-c3ccccc31)c(-c1ccccc1)n2C. The van der Waals surface area contributed by atoms with Crippen molar-refractivity contribution < 1.29 is 4.74 Å². The highest BCUT2D eigenvalue weighted by Crippen LogP contribution is 2.56. The molecule has 1 aliphatic rings. The van der Waals surface area contributed by atoms with E-state index in [9.17, 15) is 0 Å². The topological polar surface area (TPSA) is 14.2 Å². The first-order valence-corrected chi connectivity index (χ1v) is 13.2. The number of hydrogen-bond acceptors (Lipinski definition) is 1. The van der Waals surface area contributed by atoms with Crippen LogP contribution < -0.4 is 4.74 Å². The second-order valence-corrected chi connectivity index (χ2v) is 9.99. The predicted molar refractivity (Wildman–Crippen MR) is 160 cm³/mol. The summed E-state index contributed by atoms with van der Waals surface area (Å²) in [6.07, 6.45) is 0. The van der Waals surface area contributed by atoms with Crippen molar-refractivity contribution in [2.75, 3.05) is 7.11 Å². The van der Waals surface area contributed by atoms with Gasteiger partial charge in [0.05, 0.1) is 12.8 Å². The summed E-state index contributed by atoms with van der Waals surface area (Å²) in [6, 6.07) is 44.8. The highest BCUT2D eigenvalue weighted by Gasteiger charge is 2.47. The molecule has 2 nitrogen and oxygen atoms in total. The third-order valence-electron chi connectivity index (χ3n) is 7.95. The van der Waals surface area contributed by atoms with Gasteiger partial charge in [-0.1, -0.05) is 109 Å². The molecule has 0 amide bonds. The lowest BCUT2D eigenvalue weighted by Gasteiger charge is -2.29. The average Bonchev–Trinajstić information content (AvgIpc) is 3.46. The highest BCUT2D eigenvalue weighted by atomic mass is 16.5. The van der Waals surface area contributed by atoms with E-state index in [1.54, 1.807) is 7.11 Å². The van der Waals surface area contributed by atoms with Crippen molar-refractivity contribution in [1.29, 1.82) is 0 Å². The molecule has 186 valence electrons. The number of ether oxygens (including phenoxy) is 1. The summed E-state index contributed by atoms with van der Waals surface area (Å²) < 4.78 is 8.07. The van der Waals surface area contributed by atoms with E-state index < -0.39 is 5.41 Å². The third kappa shape index (κ3) is 3.44. The molecule has 0 saturated heterocycles. The van der Waals surface area contributed by atoms with Gasteiger partial charge in [0, 0.05) is 29.1 Å². The maximum Gasteiger partial charge on any atom is 0.119 e. The van der Waals surface area contributed by atoms with E-state index in [1.165, 1.54) is 27.8 Å². The molecule has 1 aromatic heterocycles.